The SMILES string of the molecule is C[C@H]1CCCC[NH+]1Cc1c(O)ccc2ccccc12. The molecule has 0 amide bonds. The molecule has 2 aromatic carbocycles. The van der Waals surface area contributed by atoms with Crippen LogP contribution in [0.15, 0.2) is 36.4 Å². The molecule has 2 aromatic rings. The molecule has 2 atom stereocenters. The van der Waals surface area contributed by atoms with Crippen LogP contribution in [0.1, 0.15) is 31.7 Å². The maximum atomic E-state index is 10.2. The van der Waals surface area contributed by atoms with Gasteiger partial charge >= 0.3 is 0 Å². The average Bonchev–Trinajstić information content (AvgIpc) is 2.44. The van der Waals surface area contributed by atoms with Crippen molar-refractivity contribution < 1.29 is 10.0 Å². The number of aromatic hydroxyl groups is 1. The van der Waals surface area contributed by atoms with Gasteiger partial charge in [-0.25, -0.2) is 0 Å². The highest BCUT2D eigenvalue weighted by Crippen LogP contribution is 2.26. The molecule has 1 aliphatic heterocycles. The smallest absolute Gasteiger partial charge is 0.125 e. The average molecular weight is 256 g/mol. The molecule has 0 aliphatic carbocycles. The van der Waals surface area contributed by atoms with Gasteiger partial charge in [-0.3, -0.25) is 0 Å². The van der Waals surface area contributed by atoms with Crippen molar-refractivity contribution in [2.24, 2.45) is 0 Å². The molecule has 1 heterocycles. The van der Waals surface area contributed by atoms with E-state index in [0.717, 1.165) is 12.1 Å². The Hall–Kier alpha value is -1.54. The first-order chi connectivity index (χ1) is 9.25. The number of likely N-dealkylation sites (tertiary alicyclic amines) is 1. The zero-order valence-corrected chi connectivity index (χ0v) is 11.5. The van der Waals surface area contributed by atoms with Crippen LogP contribution in [0.3, 0.4) is 0 Å². The Labute approximate surface area is 114 Å². The van der Waals surface area contributed by atoms with Crippen molar-refractivity contribution >= 4 is 10.8 Å². The van der Waals surface area contributed by atoms with Gasteiger partial charge in [0, 0.05) is 0 Å². The third kappa shape index (κ3) is 2.45. The van der Waals surface area contributed by atoms with Crippen molar-refractivity contribution in [2.45, 2.75) is 38.8 Å². The first-order valence-electron chi connectivity index (χ1n) is 7.30. The summed E-state index contributed by atoms with van der Waals surface area (Å²) in [5.41, 5.74) is 1.11. The normalized spacial score (nSPS) is 23.6. The lowest BCUT2D eigenvalue weighted by Gasteiger charge is -2.30. The van der Waals surface area contributed by atoms with Gasteiger partial charge in [-0.1, -0.05) is 30.3 Å². The number of benzene rings is 2. The van der Waals surface area contributed by atoms with Gasteiger partial charge in [0.25, 0.3) is 0 Å². The predicted molar refractivity (Wildman–Crippen MR) is 78.5 cm³/mol. The molecular formula is C17H22NO+. The molecule has 100 valence electrons. The highest BCUT2D eigenvalue weighted by molar-refractivity contribution is 5.87. The van der Waals surface area contributed by atoms with Crippen molar-refractivity contribution in [1.29, 1.82) is 0 Å². The molecule has 19 heavy (non-hydrogen) atoms. The molecule has 1 unspecified atom stereocenters. The third-order valence-electron chi connectivity index (χ3n) is 4.50. The Morgan fingerprint density at radius 3 is 2.84 bits per heavy atom. The van der Waals surface area contributed by atoms with Crippen molar-refractivity contribution in [3.63, 3.8) is 0 Å². The second-order valence-corrected chi connectivity index (χ2v) is 5.77. The molecular weight excluding hydrogens is 234 g/mol. The van der Waals surface area contributed by atoms with Crippen LogP contribution in [0.2, 0.25) is 0 Å². The van der Waals surface area contributed by atoms with Gasteiger partial charge in [-0.2, -0.15) is 0 Å². The molecule has 2 nitrogen and oxygen atoms in total. The molecule has 1 fully saturated rings. The van der Waals surface area contributed by atoms with Gasteiger partial charge < -0.3 is 10.0 Å². The van der Waals surface area contributed by atoms with Crippen molar-refractivity contribution in [1.82, 2.24) is 0 Å². The Morgan fingerprint density at radius 1 is 1.16 bits per heavy atom. The minimum atomic E-state index is 0.448. The molecule has 2 heteroatoms. The maximum Gasteiger partial charge on any atom is 0.125 e. The van der Waals surface area contributed by atoms with Crippen LogP contribution < -0.4 is 4.90 Å². The molecule has 0 spiro atoms. The number of phenolic OH excluding ortho intramolecular Hbond substituents is 1. The van der Waals surface area contributed by atoms with Gasteiger partial charge in [0.1, 0.15) is 12.3 Å². The van der Waals surface area contributed by atoms with E-state index in [4.69, 9.17) is 0 Å². The lowest BCUT2D eigenvalue weighted by molar-refractivity contribution is -0.941. The van der Waals surface area contributed by atoms with Crippen LogP contribution in [-0.4, -0.2) is 17.7 Å². The third-order valence-corrected chi connectivity index (χ3v) is 4.50. The van der Waals surface area contributed by atoms with Gasteiger partial charge in [-0.15, -0.1) is 0 Å². The van der Waals surface area contributed by atoms with E-state index in [1.807, 2.05) is 12.1 Å². The maximum absolute atomic E-state index is 10.2. The van der Waals surface area contributed by atoms with Gasteiger partial charge in [0.15, 0.2) is 0 Å². The molecule has 1 aliphatic rings. The Bertz CT molecular complexity index is 578. The summed E-state index contributed by atoms with van der Waals surface area (Å²) in [7, 11) is 0. The summed E-state index contributed by atoms with van der Waals surface area (Å²) in [6, 6.07) is 12.9. The fourth-order valence-electron chi connectivity index (χ4n) is 3.25. The van der Waals surface area contributed by atoms with Crippen LogP contribution in [0, 0.1) is 0 Å². The van der Waals surface area contributed by atoms with Crippen molar-refractivity contribution in [2.75, 3.05) is 6.54 Å². The zero-order valence-electron chi connectivity index (χ0n) is 11.5. The molecule has 0 saturated carbocycles. The summed E-state index contributed by atoms with van der Waals surface area (Å²) in [5.74, 6) is 0.448. The van der Waals surface area contributed by atoms with Gasteiger partial charge in [0.2, 0.25) is 0 Å². The van der Waals surface area contributed by atoms with Gasteiger partial charge in [-0.05, 0) is 43.0 Å². The number of fused-ring (bicyclic) bond motifs is 1. The second kappa shape index (κ2) is 5.22. The summed E-state index contributed by atoms with van der Waals surface area (Å²) in [5, 5.41) is 12.6. The fraction of sp³-hybridized carbons (Fsp3) is 0.412. The highest BCUT2D eigenvalue weighted by atomic mass is 16.3. The number of piperidine rings is 1. The summed E-state index contributed by atoms with van der Waals surface area (Å²) in [6.45, 7) is 4.49. The van der Waals surface area contributed by atoms with Crippen molar-refractivity contribution in [3.05, 3.63) is 42.0 Å². The molecule has 0 bridgehead atoms. The largest absolute Gasteiger partial charge is 0.507 e. The summed E-state index contributed by atoms with van der Waals surface area (Å²) < 4.78 is 0. The van der Waals surface area contributed by atoms with Crippen LogP contribution in [0.25, 0.3) is 10.8 Å². The minimum absolute atomic E-state index is 0.448. The first kappa shape index (κ1) is 12.5. The lowest BCUT2D eigenvalue weighted by Crippen LogP contribution is -3.14. The van der Waals surface area contributed by atoms with Crippen molar-refractivity contribution in [3.8, 4) is 5.75 Å². The fourth-order valence-corrected chi connectivity index (χ4v) is 3.25. The van der Waals surface area contributed by atoms with Gasteiger partial charge in [0.05, 0.1) is 18.2 Å². The van der Waals surface area contributed by atoms with Crippen LogP contribution >= 0.6 is 0 Å². The Kier molecular flexibility index (Phi) is 3.43. The monoisotopic (exact) mass is 256 g/mol. The highest BCUT2D eigenvalue weighted by Gasteiger charge is 2.23. The number of phenols is 1. The van der Waals surface area contributed by atoms with E-state index in [9.17, 15) is 5.11 Å². The zero-order chi connectivity index (χ0) is 13.2. The van der Waals surface area contributed by atoms with E-state index in [-0.39, 0.29) is 0 Å². The van der Waals surface area contributed by atoms with E-state index in [1.54, 1.807) is 4.90 Å². The predicted octanol–water partition coefficient (Wildman–Crippen LogP) is 2.50. The molecule has 0 radical (unpaired) electrons. The Morgan fingerprint density at radius 2 is 2.00 bits per heavy atom. The van der Waals surface area contributed by atoms with Crippen LogP contribution in [0.5, 0.6) is 5.75 Å². The summed E-state index contributed by atoms with van der Waals surface area (Å²) >= 11 is 0. The number of hydrogen-bond donors (Lipinski definition) is 2. The standard InChI is InChI=1S/C17H21NO/c1-13-6-4-5-11-18(13)12-16-15-8-3-2-7-14(15)9-10-17(16)19/h2-3,7-10,13,19H,4-6,11-12H2,1H3/p+1/t13-/m0/s1. The number of nitrogens with one attached hydrogen (secondary N) is 1. The molecule has 1 saturated heterocycles. The topological polar surface area (TPSA) is 24.7 Å². The van der Waals surface area contributed by atoms with Crippen LogP contribution in [-0.2, 0) is 6.54 Å². The molecule has 0 aromatic heterocycles. The molecule has 2 N–H and O–H groups in total. The van der Waals surface area contributed by atoms with Crippen LogP contribution in [0.4, 0.5) is 0 Å². The number of rotatable bonds is 2. The van der Waals surface area contributed by atoms with E-state index >= 15 is 0 Å². The van der Waals surface area contributed by atoms with E-state index < -0.39 is 0 Å². The second-order valence-electron chi connectivity index (χ2n) is 5.77. The first-order valence-corrected chi connectivity index (χ1v) is 7.30. The Balaban J connectivity index is 1.97. The lowest BCUT2D eigenvalue weighted by atomic mass is 9.99. The van der Waals surface area contributed by atoms with E-state index in [0.29, 0.717) is 11.8 Å². The quantitative estimate of drug-likeness (QED) is 0.848. The number of quaternary nitrogens is 1. The molecule has 3 rings (SSSR count). The van der Waals surface area contributed by atoms with E-state index in [2.05, 4.69) is 31.2 Å². The number of hydrogen-bond acceptors (Lipinski definition) is 1. The van der Waals surface area contributed by atoms with E-state index in [1.165, 1.54) is 36.6 Å². The summed E-state index contributed by atoms with van der Waals surface area (Å²) in [6.07, 6.45) is 3.97. The summed E-state index contributed by atoms with van der Waals surface area (Å²) in [4.78, 5) is 1.61. The minimum Gasteiger partial charge on any atom is -0.507 e.